The molecule has 2 aromatic rings. The number of aliphatic carboxylic acids is 1. The second-order valence-corrected chi connectivity index (χ2v) is 8.05. The van der Waals surface area contributed by atoms with Gasteiger partial charge < -0.3 is 19.8 Å². The number of carboxylic acids is 1. The molecule has 0 heterocycles. The van der Waals surface area contributed by atoms with Crippen molar-refractivity contribution < 1.29 is 24.5 Å². The molecule has 156 valence electrons. The summed E-state index contributed by atoms with van der Waals surface area (Å²) in [5.41, 5.74) is 0.971. The van der Waals surface area contributed by atoms with E-state index in [4.69, 9.17) is 4.74 Å². The number of nitrogens with zero attached hydrogens (tertiary/aromatic N) is 1. The molecule has 0 aliphatic carbocycles. The minimum absolute atomic E-state index is 0.145. The fourth-order valence-electron chi connectivity index (χ4n) is 2.94. The van der Waals surface area contributed by atoms with E-state index >= 15 is 0 Å². The van der Waals surface area contributed by atoms with Gasteiger partial charge in [-0.2, -0.15) is 0 Å². The number of aliphatic hydroxyl groups excluding tert-OH is 1. The van der Waals surface area contributed by atoms with Gasteiger partial charge in [0.25, 0.3) is 0 Å². The van der Waals surface area contributed by atoms with E-state index in [-0.39, 0.29) is 19.5 Å². The van der Waals surface area contributed by atoms with Gasteiger partial charge in [0.2, 0.25) is 0 Å². The number of rotatable bonds is 8. The first-order valence-electron chi connectivity index (χ1n) is 9.62. The van der Waals surface area contributed by atoms with Crippen LogP contribution in [-0.4, -0.2) is 45.4 Å². The van der Waals surface area contributed by atoms with E-state index in [0.29, 0.717) is 0 Å². The Balaban J connectivity index is 2.17. The number of hydrogen-bond acceptors (Lipinski definition) is 4. The fraction of sp³-hybridized carbons (Fsp3) is 0.391. The van der Waals surface area contributed by atoms with Crippen molar-refractivity contribution in [2.75, 3.05) is 6.54 Å². The molecule has 2 rings (SSSR count). The van der Waals surface area contributed by atoms with Crippen LogP contribution < -0.4 is 0 Å². The Labute approximate surface area is 171 Å². The Morgan fingerprint density at radius 2 is 1.48 bits per heavy atom. The maximum absolute atomic E-state index is 12.7. The molecule has 2 aromatic carbocycles. The molecule has 0 saturated heterocycles. The first kappa shape index (κ1) is 22.4. The van der Waals surface area contributed by atoms with Crippen LogP contribution in [0.15, 0.2) is 60.7 Å². The molecule has 0 spiro atoms. The monoisotopic (exact) mass is 399 g/mol. The smallest absolute Gasteiger partial charge is 0.410 e. The van der Waals surface area contributed by atoms with Gasteiger partial charge in [0.1, 0.15) is 5.60 Å². The lowest BCUT2D eigenvalue weighted by molar-refractivity contribution is -0.146. The molecule has 1 amide bonds. The molecule has 0 aromatic heterocycles. The van der Waals surface area contributed by atoms with Crippen LogP contribution in [0.25, 0.3) is 0 Å². The zero-order chi connectivity index (χ0) is 21.4. The molecule has 6 heteroatoms. The van der Waals surface area contributed by atoms with Gasteiger partial charge in [-0.15, -0.1) is 0 Å². The third-order valence-corrected chi connectivity index (χ3v) is 4.36. The zero-order valence-electron chi connectivity index (χ0n) is 17.1. The van der Waals surface area contributed by atoms with Gasteiger partial charge in [-0.1, -0.05) is 60.7 Å². The van der Waals surface area contributed by atoms with Gasteiger partial charge in [0.05, 0.1) is 18.6 Å². The van der Waals surface area contributed by atoms with Gasteiger partial charge in [0, 0.05) is 6.54 Å². The highest BCUT2D eigenvalue weighted by molar-refractivity contribution is 5.72. The minimum Gasteiger partial charge on any atom is -0.481 e. The molecule has 0 fully saturated rings. The number of amides is 1. The standard InChI is InChI=1S/C23H29NO5/c1-23(2,3)29-22(28)24(15-18-12-8-5-9-13-18)16-20(25)19(21(26)27)14-17-10-6-4-7-11-17/h4-13,19-20,25H,14-16H2,1-3H3,(H,26,27)/t19-,20+/m0/s1. The predicted octanol–water partition coefficient (Wildman–Crippen LogP) is 3.73. The maximum atomic E-state index is 12.7. The summed E-state index contributed by atoms with van der Waals surface area (Å²) in [6.45, 7) is 5.35. The average Bonchev–Trinajstić information content (AvgIpc) is 2.65. The highest BCUT2D eigenvalue weighted by atomic mass is 16.6. The van der Waals surface area contributed by atoms with Gasteiger partial charge in [-0.3, -0.25) is 4.79 Å². The SMILES string of the molecule is CC(C)(C)OC(=O)N(Cc1ccccc1)C[C@@H](O)[C@H](Cc1ccccc1)C(=O)O. The van der Waals surface area contributed by atoms with E-state index in [9.17, 15) is 19.8 Å². The van der Waals surface area contributed by atoms with E-state index in [1.54, 1.807) is 20.8 Å². The van der Waals surface area contributed by atoms with E-state index in [1.165, 1.54) is 4.90 Å². The van der Waals surface area contributed by atoms with Crippen LogP contribution in [0.5, 0.6) is 0 Å². The van der Waals surface area contributed by atoms with Crippen molar-refractivity contribution in [1.29, 1.82) is 0 Å². The Kier molecular flexibility index (Phi) is 7.79. The summed E-state index contributed by atoms with van der Waals surface area (Å²) < 4.78 is 5.46. The van der Waals surface area contributed by atoms with Crippen LogP contribution in [-0.2, 0) is 22.5 Å². The van der Waals surface area contributed by atoms with E-state index in [2.05, 4.69) is 0 Å². The van der Waals surface area contributed by atoms with Gasteiger partial charge in [-0.05, 0) is 38.3 Å². The summed E-state index contributed by atoms with van der Waals surface area (Å²) >= 11 is 0. The van der Waals surface area contributed by atoms with Crippen LogP contribution in [0.4, 0.5) is 4.79 Å². The lowest BCUT2D eigenvalue weighted by Gasteiger charge is -2.30. The van der Waals surface area contributed by atoms with Crippen molar-refractivity contribution in [3.05, 3.63) is 71.8 Å². The first-order valence-corrected chi connectivity index (χ1v) is 9.62. The molecule has 2 N–H and O–H groups in total. The lowest BCUT2D eigenvalue weighted by Crippen LogP contribution is -2.44. The van der Waals surface area contributed by atoms with Crippen LogP contribution in [0, 0.1) is 5.92 Å². The summed E-state index contributed by atoms with van der Waals surface area (Å²) in [7, 11) is 0. The van der Waals surface area contributed by atoms with Gasteiger partial charge in [0.15, 0.2) is 0 Å². The van der Waals surface area contributed by atoms with Crippen LogP contribution in [0.3, 0.4) is 0 Å². The fourth-order valence-corrected chi connectivity index (χ4v) is 2.94. The molecule has 0 aliphatic heterocycles. The molecule has 0 radical (unpaired) electrons. The molecule has 0 aliphatic rings. The second kappa shape index (κ2) is 10.1. The number of benzene rings is 2. The number of carbonyl (C=O) groups is 2. The Morgan fingerprint density at radius 1 is 0.966 bits per heavy atom. The van der Waals surface area contributed by atoms with Crippen molar-refractivity contribution >= 4 is 12.1 Å². The number of aliphatic hydroxyl groups is 1. The van der Waals surface area contributed by atoms with Crippen LogP contribution >= 0.6 is 0 Å². The molecule has 0 saturated carbocycles. The van der Waals surface area contributed by atoms with Crippen molar-refractivity contribution in [3.63, 3.8) is 0 Å². The first-order chi connectivity index (χ1) is 13.7. The summed E-state index contributed by atoms with van der Waals surface area (Å²) in [5, 5.41) is 20.3. The Morgan fingerprint density at radius 3 is 1.97 bits per heavy atom. The highest BCUT2D eigenvalue weighted by Gasteiger charge is 2.31. The number of carbonyl (C=O) groups excluding carboxylic acids is 1. The molecule has 29 heavy (non-hydrogen) atoms. The quantitative estimate of drug-likeness (QED) is 0.706. The molecular weight excluding hydrogens is 370 g/mol. The molecule has 6 nitrogen and oxygen atoms in total. The lowest BCUT2D eigenvalue weighted by atomic mass is 9.93. The maximum Gasteiger partial charge on any atom is 0.410 e. The summed E-state index contributed by atoms with van der Waals surface area (Å²) in [6, 6.07) is 18.4. The summed E-state index contributed by atoms with van der Waals surface area (Å²) in [5.74, 6) is -2.15. The molecular formula is C23H29NO5. The van der Waals surface area contributed by atoms with Crippen LogP contribution in [0.1, 0.15) is 31.9 Å². The van der Waals surface area contributed by atoms with Crippen molar-refractivity contribution in [2.24, 2.45) is 5.92 Å². The Bertz CT molecular complexity index is 786. The predicted molar refractivity (Wildman–Crippen MR) is 110 cm³/mol. The number of carboxylic acid groups (broad SMARTS) is 1. The zero-order valence-corrected chi connectivity index (χ0v) is 17.1. The van der Waals surface area contributed by atoms with E-state index in [1.807, 2.05) is 60.7 Å². The summed E-state index contributed by atoms with van der Waals surface area (Å²) in [6.07, 6.45) is -1.67. The normalized spacial score (nSPS) is 13.4. The molecule has 0 bridgehead atoms. The molecule has 2 atom stereocenters. The van der Waals surface area contributed by atoms with Crippen LogP contribution in [0.2, 0.25) is 0 Å². The van der Waals surface area contributed by atoms with Crippen molar-refractivity contribution in [3.8, 4) is 0 Å². The van der Waals surface area contributed by atoms with Gasteiger partial charge in [-0.25, -0.2) is 4.79 Å². The Hall–Kier alpha value is -2.86. The number of hydrogen-bond donors (Lipinski definition) is 2. The highest BCUT2D eigenvalue weighted by Crippen LogP contribution is 2.18. The molecule has 0 unspecified atom stereocenters. The van der Waals surface area contributed by atoms with Gasteiger partial charge >= 0.3 is 12.1 Å². The average molecular weight is 399 g/mol. The second-order valence-electron chi connectivity index (χ2n) is 8.05. The van der Waals surface area contributed by atoms with Crippen molar-refractivity contribution in [2.45, 2.75) is 45.4 Å². The minimum atomic E-state index is -1.25. The topological polar surface area (TPSA) is 87.1 Å². The van der Waals surface area contributed by atoms with E-state index in [0.717, 1.165) is 11.1 Å². The number of ether oxygens (including phenoxy) is 1. The third-order valence-electron chi connectivity index (χ3n) is 4.36. The van der Waals surface area contributed by atoms with Crippen molar-refractivity contribution in [1.82, 2.24) is 4.90 Å². The van der Waals surface area contributed by atoms with E-state index < -0.39 is 29.7 Å². The largest absolute Gasteiger partial charge is 0.481 e. The summed E-state index contributed by atoms with van der Waals surface area (Å²) in [4.78, 5) is 25.8. The third kappa shape index (κ3) is 7.58.